The van der Waals surface area contributed by atoms with Crippen LogP contribution in [-0.2, 0) is 4.79 Å². The number of amides is 2. The molecule has 0 fully saturated rings. The van der Waals surface area contributed by atoms with E-state index < -0.39 is 0 Å². The summed E-state index contributed by atoms with van der Waals surface area (Å²) in [5, 5.41) is 5.60. The van der Waals surface area contributed by atoms with Gasteiger partial charge in [0.25, 0.3) is 5.91 Å². The zero-order chi connectivity index (χ0) is 15.0. The van der Waals surface area contributed by atoms with Gasteiger partial charge in [-0.05, 0) is 25.0 Å². The zero-order valence-electron chi connectivity index (χ0n) is 12.0. The number of nitrogens with one attached hydrogen (secondary N) is 2. The number of benzene rings is 1. The van der Waals surface area contributed by atoms with E-state index in [4.69, 9.17) is 0 Å². The van der Waals surface area contributed by atoms with Crippen LogP contribution in [0, 0.1) is 5.92 Å². The van der Waals surface area contributed by atoms with Gasteiger partial charge in [-0.15, -0.1) is 12.6 Å². The third-order valence-corrected chi connectivity index (χ3v) is 3.60. The Hall–Kier alpha value is -1.49. The van der Waals surface area contributed by atoms with Gasteiger partial charge in [-0.1, -0.05) is 26.0 Å². The van der Waals surface area contributed by atoms with Crippen LogP contribution in [0.4, 0.5) is 0 Å². The molecule has 4 nitrogen and oxygen atoms in total. The van der Waals surface area contributed by atoms with Crippen LogP contribution < -0.4 is 10.6 Å². The maximum absolute atomic E-state index is 11.9. The number of hydrogen-bond donors (Lipinski definition) is 3. The molecule has 5 heteroatoms. The van der Waals surface area contributed by atoms with Crippen molar-refractivity contribution in [2.45, 2.75) is 31.6 Å². The first-order valence-electron chi connectivity index (χ1n) is 6.94. The lowest BCUT2D eigenvalue weighted by molar-refractivity contribution is -0.125. The maximum Gasteiger partial charge on any atom is 0.252 e. The summed E-state index contributed by atoms with van der Waals surface area (Å²) in [5.41, 5.74) is 0.544. The van der Waals surface area contributed by atoms with E-state index in [9.17, 15) is 9.59 Å². The molecule has 0 bridgehead atoms. The van der Waals surface area contributed by atoms with Crippen molar-refractivity contribution >= 4 is 24.4 Å². The molecule has 0 saturated carbocycles. The SMILES string of the molecule is CCC(CC)C(=O)NCCNC(=O)c1ccccc1S. The second-order valence-corrected chi connectivity index (χ2v) is 5.06. The van der Waals surface area contributed by atoms with Crippen LogP contribution in [0.25, 0.3) is 0 Å². The number of carbonyl (C=O) groups excluding carboxylic acids is 2. The molecule has 2 N–H and O–H groups in total. The van der Waals surface area contributed by atoms with Crippen LogP contribution in [0.15, 0.2) is 29.2 Å². The van der Waals surface area contributed by atoms with Gasteiger partial charge in [0.15, 0.2) is 0 Å². The second kappa shape index (κ2) is 8.64. The molecule has 1 aromatic carbocycles. The molecule has 0 aliphatic carbocycles. The molecule has 0 aliphatic rings. The van der Waals surface area contributed by atoms with Crippen molar-refractivity contribution in [3.8, 4) is 0 Å². The number of rotatable bonds is 7. The van der Waals surface area contributed by atoms with Crippen LogP contribution in [-0.4, -0.2) is 24.9 Å². The Balaban J connectivity index is 2.33. The van der Waals surface area contributed by atoms with Gasteiger partial charge in [0.1, 0.15) is 0 Å². The minimum Gasteiger partial charge on any atom is -0.354 e. The van der Waals surface area contributed by atoms with Gasteiger partial charge < -0.3 is 10.6 Å². The van der Waals surface area contributed by atoms with Crippen LogP contribution in [0.3, 0.4) is 0 Å². The van der Waals surface area contributed by atoms with E-state index in [0.717, 1.165) is 12.8 Å². The number of hydrogen-bond acceptors (Lipinski definition) is 3. The molecule has 20 heavy (non-hydrogen) atoms. The average Bonchev–Trinajstić information content (AvgIpc) is 2.45. The topological polar surface area (TPSA) is 58.2 Å². The van der Waals surface area contributed by atoms with Crippen molar-refractivity contribution in [1.29, 1.82) is 0 Å². The summed E-state index contributed by atoms with van der Waals surface area (Å²) in [5.74, 6) is -0.0601. The van der Waals surface area contributed by atoms with Crippen molar-refractivity contribution in [3.05, 3.63) is 29.8 Å². The van der Waals surface area contributed by atoms with E-state index >= 15 is 0 Å². The van der Waals surface area contributed by atoms with E-state index in [2.05, 4.69) is 23.3 Å². The quantitative estimate of drug-likeness (QED) is 0.533. The van der Waals surface area contributed by atoms with Crippen LogP contribution in [0.1, 0.15) is 37.0 Å². The molecule has 1 aromatic rings. The molecule has 0 aliphatic heterocycles. The first-order chi connectivity index (χ1) is 9.60. The summed E-state index contributed by atoms with van der Waals surface area (Å²) in [6.07, 6.45) is 1.67. The molecule has 0 saturated heterocycles. The first-order valence-corrected chi connectivity index (χ1v) is 7.38. The van der Waals surface area contributed by atoms with Gasteiger partial charge in [0.05, 0.1) is 5.56 Å². The molecule has 0 heterocycles. The summed E-state index contributed by atoms with van der Waals surface area (Å²) in [6, 6.07) is 7.12. The van der Waals surface area contributed by atoms with Gasteiger partial charge >= 0.3 is 0 Å². The molecule has 0 atom stereocenters. The van der Waals surface area contributed by atoms with Gasteiger partial charge in [0, 0.05) is 23.9 Å². The Labute approximate surface area is 125 Å². The second-order valence-electron chi connectivity index (χ2n) is 4.58. The number of thiol groups is 1. The third kappa shape index (κ3) is 4.89. The molecule has 1 rings (SSSR count). The van der Waals surface area contributed by atoms with Crippen molar-refractivity contribution in [2.24, 2.45) is 5.92 Å². The molecule has 0 radical (unpaired) electrons. The third-order valence-electron chi connectivity index (χ3n) is 3.21. The van der Waals surface area contributed by atoms with Crippen molar-refractivity contribution in [3.63, 3.8) is 0 Å². The largest absolute Gasteiger partial charge is 0.354 e. The Morgan fingerprint density at radius 3 is 2.30 bits per heavy atom. The van der Waals surface area contributed by atoms with E-state index in [1.54, 1.807) is 18.2 Å². The average molecular weight is 294 g/mol. The lowest BCUT2D eigenvalue weighted by Crippen LogP contribution is -2.37. The molecule has 0 unspecified atom stereocenters. The molecular formula is C15H22N2O2S. The molecule has 110 valence electrons. The summed E-state index contributed by atoms with van der Waals surface area (Å²) < 4.78 is 0. The van der Waals surface area contributed by atoms with Gasteiger partial charge in [-0.3, -0.25) is 9.59 Å². The summed E-state index contributed by atoms with van der Waals surface area (Å²) in [4.78, 5) is 24.3. The minimum absolute atomic E-state index is 0.0545. The highest BCUT2D eigenvalue weighted by molar-refractivity contribution is 7.80. The Kier molecular flexibility index (Phi) is 7.15. The van der Waals surface area contributed by atoms with Gasteiger partial charge in [-0.2, -0.15) is 0 Å². The lowest BCUT2D eigenvalue weighted by Gasteiger charge is -2.13. The highest BCUT2D eigenvalue weighted by Crippen LogP contribution is 2.12. The zero-order valence-corrected chi connectivity index (χ0v) is 12.9. The van der Waals surface area contributed by atoms with Crippen LogP contribution in [0.2, 0.25) is 0 Å². The smallest absolute Gasteiger partial charge is 0.252 e. The van der Waals surface area contributed by atoms with E-state index in [-0.39, 0.29) is 17.7 Å². The van der Waals surface area contributed by atoms with Crippen molar-refractivity contribution < 1.29 is 9.59 Å². The van der Waals surface area contributed by atoms with Crippen molar-refractivity contribution in [2.75, 3.05) is 13.1 Å². The molecular weight excluding hydrogens is 272 g/mol. The highest BCUT2D eigenvalue weighted by atomic mass is 32.1. The molecule has 0 spiro atoms. The maximum atomic E-state index is 11.9. The molecule has 2 amide bonds. The minimum atomic E-state index is -0.174. The molecule has 0 aromatic heterocycles. The lowest BCUT2D eigenvalue weighted by atomic mass is 10.0. The predicted molar refractivity (Wildman–Crippen MR) is 83.1 cm³/mol. The Bertz CT molecular complexity index is 459. The van der Waals surface area contributed by atoms with E-state index in [1.807, 2.05) is 19.9 Å². The summed E-state index contributed by atoms with van der Waals surface area (Å²) in [7, 11) is 0. The van der Waals surface area contributed by atoms with Gasteiger partial charge in [-0.25, -0.2) is 0 Å². The Morgan fingerprint density at radius 1 is 1.10 bits per heavy atom. The summed E-state index contributed by atoms with van der Waals surface area (Å²) >= 11 is 4.24. The Morgan fingerprint density at radius 2 is 1.70 bits per heavy atom. The fraction of sp³-hybridized carbons (Fsp3) is 0.467. The highest BCUT2D eigenvalue weighted by Gasteiger charge is 2.13. The predicted octanol–water partition coefficient (Wildman–Crippen LogP) is 2.26. The fourth-order valence-electron chi connectivity index (χ4n) is 1.93. The standard InChI is InChI=1S/C15H22N2O2S/c1-3-11(4-2)14(18)16-9-10-17-15(19)12-7-5-6-8-13(12)20/h5-8,11,20H,3-4,9-10H2,1-2H3,(H,16,18)(H,17,19). The number of carbonyl (C=O) groups is 2. The van der Waals surface area contributed by atoms with Crippen molar-refractivity contribution in [1.82, 2.24) is 10.6 Å². The normalized spacial score (nSPS) is 10.4. The van der Waals surface area contributed by atoms with Gasteiger partial charge in [0.2, 0.25) is 5.91 Å². The first kappa shape index (κ1) is 16.6. The van der Waals surface area contributed by atoms with E-state index in [1.165, 1.54) is 0 Å². The van der Waals surface area contributed by atoms with Crippen LogP contribution in [0.5, 0.6) is 0 Å². The fourth-order valence-corrected chi connectivity index (χ4v) is 2.19. The summed E-state index contributed by atoms with van der Waals surface area (Å²) in [6.45, 7) is 4.85. The van der Waals surface area contributed by atoms with Crippen LogP contribution >= 0.6 is 12.6 Å². The van der Waals surface area contributed by atoms with E-state index in [0.29, 0.717) is 23.5 Å². The monoisotopic (exact) mass is 294 g/mol.